The lowest BCUT2D eigenvalue weighted by Crippen LogP contribution is -2.30. The van der Waals surface area contributed by atoms with Gasteiger partial charge in [0.15, 0.2) is 0 Å². The number of hydrogen-bond acceptors (Lipinski definition) is 3. The van der Waals surface area contributed by atoms with Gasteiger partial charge >= 0.3 is 0 Å². The second kappa shape index (κ2) is 6.11. The molecule has 0 aliphatic heterocycles. The van der Waals surface area contributed by atoms with Gasteiger partial charge in [0.25, 0.3) is 0 Å². The molecule has 6 heteroatoms. The molecule has 0 aliphatic carbocycles. The van der Waals surface area contributed by atoms with E-state index in [1.165, 1.54) is 0 Å². The van der Waals surface area contributed by atoms with Crippen LogP contribution in [-0.4, -0.2) is 37.4 Å². The highest BCUT2D eigenvalue weighted by Crippen LogP contribution is 2.15. The van der Waals surface area contributed by atoms with Crippen molar-refractivity contribution in [2.75, 3.05) is 7.05 Å². The maximum absolute atomic E-state index is 12.3. The molecule has 0 radical (unpaired) electrons. The first-order valence-corrected chi connectivity index (χ1v) is 7.19. The molecule has 2 heterocycles. The van der Waals surface area contributed by atoms with Crippen LogP contribution in [0, 0.1) is 20.8 Å². The highest BCUT2D eigenvalue weighted by Gasteiger charge is 2.16. The fourth-order valence-electron chi connectivity index (χ4n) is 2.41. The minimum atomic E-state index is 0.0427. The Bertz CT molecular complexity index is 641. The van der Waals surface area contributed by atoms with E-state index >= 15 is 0 Å². The van der Waals surface area contributed by atoms with Crippen molar-refractivity contribution in [3.05, 3.63) is 34.9 Å². The number of hydrogen-bond donors (Lipinski definition) is 0. The summed E-state index contributed by atoms with van der Waals surface area (Å²) in [5.41, 5.74) is 4.17. The van der Waals surface area contributed by atoms with Crippen molar-refractivity contribution in [3.8, 4) is 0 Å². The van der Waals surface area contributed by atoms with Crippen molar-refractivity contribution in [2.24, 2.45) is 0 Å². The van der Waals surface area contributed by atoms with Crippen molar-refractivity contribution in [1.29, 1.82) is 0 Å². The Morgan fingerprint density at radius 2 is 2.00 bits per heavy atom. The fraction of sp³-hybridized carbons (Fsp3) is 0.533. The summed E-state index contributed by atoms with van der Waals surface area (Å²) in [6, 6.07) is 1.90. The van der Waals surface area contributed by atoms with Crippen LogP contribution < -0.4 is 0 Å². The van der Waals surface area contributed by atoms with Crippen LogP contribution in [0.15, 0.2) is 12.3 Å². The smallest absolute Gasteiger partial charge is 0.244 e. The fourth-order valence-corrected chi connectivity index (χ4v) is 2.41. The number of aromatic nitrogens is 4. The van der Waals surface area contributed by atoms with Gasteiger partial charge in [0.1, 0.15) is 6.54 Å². The quantitative estimate of drug-likeness (QED) is 0.841. The zero-order chi connectivity index (χ0) is 15.6. The lowest BCUT2D eigenvalue weighted by atomic mass is 10.2. The number of carbonyl (C=O) groups excluding carboxylic acids is 1. The number of nitrogens with zero attached hydrogens (tertiary/aromatic N) is 5. The van der Waals surface area contributed by atoms with E-state index in [2.05, 4.69) is 17.1 Å². The lowest BCUT2D eigenvalue weighted by molar-refractivity contribution is -0.131. The third kappa shape index (κ3) is 3.32. The van der Waals surface area contributed by atoms with Crippen LogP contribution in [0.25, 0.3) is 0 Å². The Morgan fingerprint density at radius 1 is 1.29 bits per heavy atom. The molecule has 0 fully saturated rings. The van der Waals surface area contributed by atoms with Crippen LogP contribution in [0.3, 0.4) is 0 Å². The average molecular weight is 289 g/mol. The van der Waals surface area contributed by atoms with E-state index < -0.39 is 0 Å². The molecule has 2 aromatic rings. The van der Waals surface area contributed by atoms with Gasteiger partial charge in [0, 0.05) is 37.6 Å². The monoisotopic (exact) mass is 289 g/mol. The predicted molar refractivity (Wildman–Crippen MR) is 80.8 cm³/mol. The van der Waals surface area contributed by atoms with E-state index in [-0.39, 0.29) is 12.5 Å². The van der Waals surface area contributed by atoms with E-state index in [1.54, 1.807) is 9.58 Å². The molecule has 0 unspecified atom stereocenters. The standard InChI is InChI=1S/C15H23N5O/c1-6-20-13(4)14(12(3)17-20)9-18(5)15(21)10-19-8-7-11(2)16-19/h7-8H,6,9-10H2,1-5H3. The van der Waals surface area contributed by atoms with Gasteiger partial charge in [0.05, 0.1) is 11.4 Å². The van der Waals surface area contributed by atoms with Crippen LogP contribution in [0.5, 0.6) is 0 Å². The van der Waals surface area contributed by atoms with Crippen molar-refractivity contribution in [3.63, 3.8) is 0 Å². The van der Waals surface area contributed by atoms with Gasteiger partial charge in [-0.2, -0.15) is 10.2 Å². The van der Waals surface area contributed by atoms with Crippen molar-refractivity contribution in [1.82, 2.24) is 24.5 Å². The van der Waals surface area contributed by atoms with Gasteiger partial charge < -0.3 is 4.90 Å². The first kappa shape index (κ1) is 15.3. The highest BCUT2D eigenvalue weighted by molar-refractivity contribution is 5.75. The average Bonchev–Trinajstić information content (AvgIpc) is 2.96. The second-order valence-electron chi connectivity index (χ2n) is 5.37. The minimum absolute atomic E-state index is 0.0427. The molecule has 0 aliphatic rings. The van der Waals surface area contributed by atoms with E-state index in [9.17, 15) is 4.79 Å². The van der Waals surface area contributed by atoms with E-state index in [0.29, 0.717) is 6.54 Å². The largest absolute Gasteiger partial charge is 0.340 e. The van der Waals surface area contributed by atoms with Crippen LogP contribution in [0.1, 0.15) is 29.6 Å². The van der Waals surface area contributed by atoms with Crippen molar-refractivity contribution in [2.45, 2.75) is 47.3 Å². The maximum Gasteiger partial charge on any atom is 0.244 e. The maximum atomic E-state index is 12.3. The lowest BCUT2D eigenvalue weighted by Gasteiger charge is -2.17. The third-order valence-corrected chi connectivity index (χ3v) is 3.72. The van der Waals surface area contributed by atoms with Crippen LogP contribution in [0.4, 0.5) is 0 Å². The molecular formula is C15H23N5O. The summed E-state index contributed by atoms with van der Waals surface area (Å²) in [5.74, 6) is 0.0427. The van der Waals surface area contributed by atoms with Crippen LogP contribution >= 0.6 is 0 Å². The van der Waals surface area contributed by atoms with E-state index in [4.69, 9.17) is 0 Å². The van der Waals surface area contributed by atoms with Gasteiger partial charge in [-0.3, -0.25) is 14.2 Å². The van der Waals surface area contributed by atoms with Crippen molar-refractivity contribution < 1.29 is 4.79 Å². The van der Waals surface area contributed by atoms with E-state index in [1.807, 2.05) is 44.8 Å². The second-order valence-corrected chi connectivity index (χ2v) is 5.37. The molecule has 0 aromatic carbocycles. The van der Waals surface area contributed by atoms with Gasteiger partial charge in [-0.15, -0.1) is 0 Å². The molecule has 21 heavy (non-hydrogen) atoms. The number of carbonyl (C=O) groups is 1. The Labute approximate surface area is 125 Å². The van der Waals surface area contributed by atoms with Crippen LogP contribution in [0.2, 0.25) is 0 Å². The van der Waals surface area contributed by atoms with Gasteiger partial charge in [0.2, 0.25) is 5.91 Å². The molecule has 114 valence electrons. The molecule has 0 saturated carbocycles. The highest BCUT2D eigenvalue weighted by atomic mass is 16.2. The number of likely N-dealkylation sites (N-methyl/N-ethyl adjacent to an activating group) is 1. The van der Waals surface area contributed by atoms with E-state index in [0.717, 1.165) is 29.2 Å². The number of rotatable bonds is 5. The van der Waals surface area contributed by atoms with Gasteiger partial charge in [-0.1, -0.05) is 0 Å². The Hall–Kier alpha value is -2.11. The Balaban J connectivity index is 2.05. The summed E-state index contributed by atoms with van der Waals surface area (Å²) >= 11 is 0. The molecular weight excluding hydrogens is 266 g/mol. The molecule has 2 aromatic heterocycles. The molecule has 0 N–H and O–H groups in total. The van der Waals surface area contributed by atoms with Gasteiger partial charge in [-0.25, -0.2) is 0 Å². The molecule has 0 saturated heterocycles. The molecule has 0 bridgehead atoms. The first-order valence-electron chi connectivity index (χ1n) is 7.19. The van der Waals surface area contributed by atoms with Crippen molar-refractivity contribution >= 4 is 5.91 Å². The summed E-state index contributed by atoms with van der Waals surface area (Å²) in [5, 5.41) is 8.73. The third-order valence-electron chi connectivity index (χ3n) is 3.72. The summed E-state index contributed by atoms with van der Waals surface area (Å²) in [6.07, 6.45) is 1.83. The molecule has 0 atom stereocenters. The molecule has 2 rings (SSSR count). The summed E-state index contributed by atoms with van der Waals surface area (Å²) in [4.78, 5) is 14.0. The topological polar surface area (TPSA) is 56.0 Å². The minimum Gasteiger partial charge on any atom is -0.340 e. The normalized spacial score (nSPS) is 10.9. The predicted octanol–water partition coefficient (Wildman–Crippen LogP) is 1.68. The number of amides is 1. The molecule has 6 nitrogen and oxygen atoms in total. The summed E-state index contributed by atoms with van der Waals surface area (Å²) in [7, 11) is 1.82. The molecule has 0 spiro atoms. The Morgan fingerprint density at radius 3 is 2.52 bits per heavy atom. The van der Waals surface area contributed by atoms with Crippen LogP contribution in [-0.2, 0) is 24.4 Å². The number of aryl methyl sites for hydroxylation is 3. The summed E-state index contributed by atoms with van der Waals surface area (Å²) < 4.78 is 3.64. The zero-order valence-electron chi connectivity index (χ0n) is 13.4. The Kier molecular flexibility index (Phi) is 4.45. The van der Waals surface area contributed by atoms with Gasteiger partial charge in [-0.05, 0) is 33.8 Å². The first-order chi connectivity index (χ1) is 9.92. The SMILES string of the molecule is CCn1nc(C)c(CN(C)C(=O)Cn2ccc(C)n2)c1C. The summed E-state index contributed by atoms with van der Waals surface area (Å²) in [6.45, 7) is 9.71. The molecule has 1 amide bonds. The zero-order valence-corrected chi connectivity index (χ0v) is 13.4.